The van der Waals surface area contributed by atoms with Crippen LogP contribution in [-0.2, 0) is 16.6 Å². The van der Waals surface area contributed by atoms with Crippen LogP contribution >= 0.6 is 0 Å². The van der Waals surface area contributed by atoms with Crippen LogP contribution in [-0.4, -0.2) is 25.0 Å². The number of rotatable bonds is 8. The maximum Gasteiger partial charge on any atom is 0.214 e. The van der Waals surface area contributed by atoms with Gasteiger partial charge in [-0.05, 0) is 18.4 Å². The van der Waals surface area contributed by atoms with Crippen LogP contribution < -0.4 is 0 Å². The minimum atomic E-state index is -3.23. The van der Waals surface area contributed by atoms with Crippen molar-refractivity contribution in [1.82, 2.24) is 4.31 Å². The zero-order valence-corrected chi connectivity index (χ0v) is 12.1. The average molecular weight is 280 g/mol. The fourth-order valence-corrected chi connectivity index (χ4v) is 3.38. The average Bonchev–Trinajstić information content (AvgIpc) is 2.42. The maximum atomic E-state index is 12.2. The van der Waals surface area contributed by atoms with E-state index in [9.17, 15) is 8.42 Å². The highest BCUT2D eigenvalue weighted by Gasteiger charge is 2.19. The number of nitriles is 1. The predicted molar refractivity (Wildman–Crippen MR) is 75.8 cm³/mol. The minimum absolute atomic E-state index is 0.120. The van der Waals surface area contributed by atoms with Gasteiger partial charge in [0.2, 0.25) is 10.0 Å². The van der Waals surface area contributed by atoms with Gasteiger partial charge in [0.1, 0.15) is 0 Å². The van der Waals surface area contributed by atoms with Gasteiger partial charge >= 0.3 is 0 Å². The summed E-state index contributed by atoms with van der Waals surface area (Å²) < 4.78 is 25.8. The Morgan fingerprint density at radius 3 is 2.47 bits per heavy atom. The largest absolute Gasteiger partial charge is 0.214 e. The van der Waals surface area contributed by atoms with Crippen LogP contribution in [0, 0.1) is 11.3 Å². The summed E-state index contributed by atoms with van der Waals surface area (Å²) >= 11 is 0. The van der Waals surface area contributed by atoms with Gasteiger partial charge in [0, 0.05) is 19.5 Å². The molecule has 0 amide bonds. The molecule has 1 aromatic carbocycles. The summed E-state index contributed by atoms with van der Waals surface area (Å²) in [4.78, 5) is 0. The molecule has 104 valence electrons. The van der Waals surface area contributed by atoms with Gasteiger partial charge in [-0.3, -0.25) is 0 Å². The van der Waals surface area contributed by atoms with Gasteiger partial charge in [0.15, 0.2) is 0 Å². The van der Waals surface area contributed by atoms with Crippen LogP contribution in [0.15, 0.2) is 30.3 Å². The number of sulfonamides is 1. The van der Waals surface area contributed by atoms with Crippen molar-refractivity contribution < 1.29 is 8.42 Å². The molecule has 0 fully saturated rings. The van der Waals surface area contributed by atoms with E-state index in [-0.39, 0.29) is 5.75 Å². The second-order valence-electron chi connectivity index (χ2n) is 4.34. The van der Waals surface area contributed by atoms with Crippen molar-refractivity contribution in [2.24, 2.45) is 0 Å². The van der Waals surface area contributed by atoms with E-state index in [1.165, 1.54) is 4.31 Å². The molecule has 0 aromatic heterocycles. The summed E-state index contributed by atoms with van der Waals surface area (Å²) in [7, 11) is -3.23. The number of unbranched alkanes of at least 4 members (excludes halogenated alkanes) is 2. The van der Waals surface area contributed by atoms with E-state index in [0.717, 1.165) is 5.56 Å². The lowest BCUT2D eigenvalue weighted by Crippen LogP contribution is -2.32. The van der Waals surface area contributed by atoms with Crippen molar-refractivity contribution in [2.45, 2.75) is 32.7 Å². The van der Waals surface area contributed by atoms with Gasteiger partial charge < -0.3 is 0 Å². The van der Waals surface area contributed by atoms with Crippen molar-refractivity contribution in [3.05, 3.63) is 35.9 Å². The number of benzene rings is 1. The predicted octanol–water partition coefficient (Wildman–Crippen LogP) is 2.53. The summed E-state index contributed by atoms with van der Waals surface area (Å²) in [5.41, 5.74) is 0.991. The highest BCUT2D eigenvalue weighted by atomic mass is 32.2. The van der Waals surface area contributed by atoms with E-state index in [4.69, 9.17) is 5.26 Å². The van der Waals surface area contributed by atoms with Crippen molar-refractivity contribution in [3.63, 3.8) is 0 Å². The summed E-state index contributed by atoms with van der Waals surface area (Å²) in [5.74, 6) is 0.120. The molecule has 0 spiro atoms. The summed E-state index contributed by atoms with van der Waals surface area (Å²) in [6.07, 6.45) is 1.60. The first kappa shape index (κ1) is 15.7. The third-order valence-corrected chi connectivity index (χ3v) is 4.87. The molecule has 0 aliphatic heterocycles. The molecule has 0 aliphatic carbocycles. The van der Waals surface area contributed by atoms with Crippen molar-refractivity contribution in [2.75, 3.05) is 12.3 Å². The van der Waals surface area contributed by atoms with Gasteiger partial charge in [0.25, 0.3) is 0 Å². The molecule has 0 heterocycles. The first-order chi connectivity index (χ1) is 9.10. The fraction of sp³-hybridized carbons (Fsp3) is 0.500. The topological polar surface area (TPSA) is 61.2 Å². The number of hydrogen-bond donors (Lipinski definition) is 0. The van der Waals surface area contributed by atoms with Gasteiger partial charge in [-0.25, -0.2) is 8.42 Å². The number of nitrogens with zero attached hydrogens (tertiary/aromatic N) is 2. The van der Waals surface area contributed by atoms with Crippen LogP contribution in [0.4, 0.5) is 0 Å². The monoisotopic (exact) mass is 280 g/mol. The van der Waals surface area contributed by atoms with E-state index in [2.05, 4.69) is 0 Å². The Labute approximate surface area is 115 Å². The molecular weight excluding hydrogens is 260 g/mol. The molecular formula is C14H20N2O2S. The third kappa shape index (κ3) is 5.41. The van der Waals surface area contributed by atoms with E-state index in [0.29, 0.717) is 32.4 Å². The molecule has 0 saturated carbocycles. The van der Waals surface area contributed by atoms with E-state index >= 15 is 0 Å². The Hall–Kier alpha value is -1.38. The molecule has 0 unspecified atom stereocenters. The first-order valence-corrected chi connectivity index (χ1v) is 8.09. The van der Waals surface area contributed by atoms with Crippen LogP contribution in [0.3, 0.4) is 0 Å². The Balaban J connectivity index is 2.60. The Morgan fingerprint density at radius 1 is 1.21 bits per heavy atom. The van der Waals surface area contributed by atoms with E-state index in [1.807, 2.05) is 43.3 Å². The smallest absolute Gasteiger partial charge is 0.212 e. The van der Waals surface area contributed by atoms with Crippen LogP contribution in [0.25, 0.3) is 0 Å². The Kier molecular flexibility index (Phi) is 6.54. The highest BCUT2D eigenvalue weighted by molar-refractivity contribution is 7.89. The highest BCUT2D eigenvalue weighted by Crippen LogP contribution is 2.11. The zero-order chi connectivity index (χ0) is 14.1. The molecule has 0 saturated heterocycles. The van der Waals surface area contributed by atoms with Gasteiger partial charge in [-0.1, -0.05) is 37.3 Å². The Morgan fingerprint density at radius 2 is 1.89 bits per heavy atom. The molecule has 1 aromatic rings. The SMILES string of the molecule is CCN(Cc1ccccc1)S(=O)(=O)CCCCC#N. The van der Waals surface area contributed by atoms with Crippen molar-refractivity contribution in [3.8, 4) is 6.07 Å². The molecule has 0 aliphatic rings. The molecule has 1 rings (SSSR count). The zero-order valence-electron chi connectivity index (χ0n) is 11.2. The van der Waals surface area contributed by atoms with E-state index < -0.39 is 10.0 Å². The second-order valence-corrected chi connectivity index (χ2v) is 6.43. The summed E-state index contributed by atoms with van der Waals surface area (Å²) in [6.45, 7) is 2.73. The molecule has 5 heteroatoms. The lowest BCUT2D eigenvalue weighted by atomic mass is 10.2. The summed E-state index contributed by atoms with van der Waals surface area (Å²) in [6, 6.07) is 11.6. The maximum absolute atomic E-state index is 12.2. The molecule has 0 bridgehead atoms. The first-order valence-electron chi connectivity index (χ1n) is 6.49. The molecule has 0 radical (unpaired) electrons. The Bertz CT molecular complexity index is 506. The second kappa shape index (κ2) is 7.93. The third-order valence-electron chi connectivity index (χ3n) is 2.89. The fourth-order valence-electron chi connectivity index (χ4n) is 1.81. The lowest BCUT2D eigenvalue weighted by Gasteiger charge is -2.20. The van der Waals surface area contributed by atoms with E-state index in [1.54, 1.807) is 0 Å². The normalized spacial score (nSPS) is 11.4. The van der Waals surface area contributed by atoms with Crippen LogP contribution in [0.2, 0.25) is 0 Å². The van der Waals surface area contributed by atoms with Crippen molar-refractivity contribution in [1.29, 1.82) is 5.26 Å². The molecule has 0 atom stereocenters. The van der Waals surface area contributed by atoms with Crippen LogP contribution in [0.5, 0.6) is 0 Å². The minimum Gasteiger partial charge on any atom is -0.212 e. The molecule has 0 N–H and O–H groups in total. The van der Waals surface area contributed by atoms with Crippen LogP contribution in [0.1, 0.15) is 31.7 Å². The quantitative estimate of drug-likeness (QED) is 0.687. The molecule has 19 heavy (non-hydrogen) atoms. The summed E-state index contributed by atoms with van der Waals surface area (Å²) in [5, 5.41) is 8.44. The molecule has 4 nitrogen and oxygen atoms in total. The number of hydrogen-bond acceptors (Lipinski definition) is 3. The van der Waals surface area contributed by atoms with Gasteiger partial charge in [-0.2, -0.15) is 9.57 Å². The standard InChI is InChI=1S/C14H20N2O2S/c1-2-16(13-14-9-5-3-6-10-14)19(17,18)12-8-4-7-11-15/h3,5-6,9-10H,2,4,7-8,12-13H2,1H3. The van der Waals surface area contributed by atoms with Crippen molar-refractivity contribution >= 4 is 10.0 Å². The van der Waals surface area contributed by atoms with Gasteiger partial charge in [-0.15, -0.1) is 0 Å². The lowest BCUT2D eigenvalue weighted by molar-refractivity contribution is 0.422. The van der Waals surface area contributed by atoms with Gasteiger partial charge in [0.05, 0.1) is 11.8 Å².